The number of hydrogen-bond acceptors (Lipinski definition) is 5. The van der Waals surface area contributed by atoms with Crippen LogP contribution in [0.25, 0.3) is 0 Å². The monoisotopic (exact) mass is 454 g/mol. The SMILES string of the molecule is CC(C)(C)OC(=O)N1CCN2c3ncc(C(F)(F)F)cc3N(CC(F)(F)F)C(=O)C2C1. The molecule has 7 nitrogen and oxygen atoms in total. The number of piperazine rings is 1. The predicted octanol–water partition coefficient (Wildman–Crippen LogP) is 3.44. The molecule has 3 heterocycles. The van der Waals surface area contributed by atoms with E-state index in [0.29, 0.717) is 12.3 Å². The number of carbonyl (C=O) groups excluding carboxylic acids is 2. The first-order chi connectivity index (χ1) is 14.1. The van der Waals surface area contributed by atoms with Gasteiger partial charge in [0, 0.05) is 19.3 Å². The van der Waals surface area contributed by atoms with E-state index in [9.17, 15) is 35.9 Å². The summed E-state index contributed by atoms with van der Waals surface area (Å²) in [7, 11) is 0. The van der Waals surface area contributed by atoms with E-state index in [1.165, 1.54) is 9.80 Å². The van der Waals surface area contributed by atoms with E-state index in [1.807, 2.05) is 0 Å². The second-order valence-electron chi connectivity index (χ2n) is 8.24. The fourth-order valence-electron chi connectivity index (χ4n) is 3.40. The van der Waals surface area contributed by atoms with Crippen LogP contribution in [-0.4, -0.2) is 65.9 Å². The van der Waals surface area contributed by atoms with Gasteiger partial charge in [0.05, 0.1) is 17.8 Å². The van der Waals surface area contributed by atoms with Gasteiger partial charge in [-0.15, -0.1) is 0 Å². The molecule has 1 atom stereocenters. The van der Waals surface area contributed by atoms with Crippen molar-refractivity contribution in [1.29, 1.82) is 0 Å². The smallest absolute Gasteiger partial charge is 0.417 e. The highest BCUT2D eigenvalue weighted by Crippen LogP contribution is 2.41. The Balaban J connectivity index is 1.98. The third-order valence-electron chi connectivity index (χ3n) is 4.66. The molecular formula is C18H20F6N4O3. The van der Waals surface area contributed by atoms with Gasteiger partial charge in [-0.1, -0.05) is 0 Å². The predicted molar refractivity (Wildman–Crippen MR) is 96.6 cm³/mol. The molecule has 3 rings (SSSR count). The van der Waals surface area contributed by atoms with Crippen LogP contribution >= 0.6 is 0 Å². The van der Waals surface area contributed by atoms with Gasteiger partial charge in [0.25, 0.3) is 5.91 Å². The molecule has 13 heteroatoms. The molecule has 0 radical (unpaired) electrons. The summed E-state index contributed by atoms with van der Waals surface area (Å²) in [4.78, 5) is 31.7. The van der Waals surface area contributed by atoms with Gasteiger partial charge in [-0.2, -0.15) is 26.3 Å². The largest absolute Gasteiger partial charge is 0.444 e. The number of pyridine rings is 1. The molecular weight excluding hydrogens is 434 g/mol. The molecule has 0 N–H and O–H groups in total. The molecule has 172 valence electrons. The van der Waals surface area contributed by atoms with E-state index in [-0.39, 0.29) is 30.4 Å². The van der Waals surface area contributed by atoms with Crippen LogP contribution in [0.1, 0.15) is 26.3 Å². The van der Waals surface area contributed by atoms with Gasteiger partial charge in [0.2, 0.25) is 0 Å². The molecule has 0 saturated carbocycles. The van der Waals surface area contributed by atoms with Crippen LogP contribution in [0.3, 0.4) is 0 Å². The molecule has 0 spiro atoms. The Morgan fingerprint density at radius 1 is 1.16 bits per heavy atom. The van der Waals surface area contributed by atoms with E-state index in [1.54, 1.807) is 20.8 Å². The average molecular weight is 454 g/mol. The van der Waals surface area contributed by atoms with Crippen molar-refractivity contribution in [1.82, 2.24) is 9.88 Å². The summed E-state index contributed by atoms with van der Waals surface area (Å²) in [5.74, 6) is -1.25. The zero-order valence-corrected chi connectivity index (χ0v) is 16.8. The molecule has 0 bridgehead atoms. The average Bonchev–Trinajstić information content (AvgIpc) is 2.61. The quantitative estimate of drug-likeness (QED) is 0.609. The highest BCUT2D eigenvalue weighted by Gasteiger charge is 2.47. The summed E-state index contributed by atoms with van der Waals surface area (Å²) < 4.78 is 83.9. The van der Waals surface area contributed by atoms with E-state index in [2.05, 4.69) is 4.98 Å². The number of alkyl halides is 6. The summed E-state index contributed by atoms with van der Waals surface area (Å²) in [6.07, 6.45) is -9.93. The van der Waals surface area contributed by atoms with Crippen molar-refractivity contribution in [2.24, 2.45) is 0 Å². The summed E-state index contributed by atoms with van der Waals surface area (Å²) in [6.45, 7) is 2.88. The van der Waals surface area contributed by atoms with E-state index in [4.69, 9.17) is 4.74 Å². The van der Waals surface area contributed by atoms with Gasteiger partial charge < -0.3 is 14.5 Å². The highest BCUT2D eigenvalue weighted by atomic mass is 19.4. The van der Waals surface area contributed by atoms with Gasteiger partial charge in [0.1, 0.15) is 18.2 Å². The summed E-state index contributed by atoms with van der Waals surface area (Å²) >= 11 is 0. The topological polar surface area (TPSA) is 66.0 Å². The minimum atomic E-state index is -4.86. The Kier molecular flexibility index (Phi) is 5.51. The number of amides is 2. The van der Waals surface area contributed by atoms with Crippen LogP contribution in [0.2, 0.25) is 0 Å². The number of fused-ring (bicyclic) bond motifs is 3. The molecule has 1 fully saturated rings. The Labute approximate surface area is 173 Å². The van der Waals surface area contributed by atoms with Crippen molar-refractivity contribution in [2.45, 2.75) is 44.8 Å². The number of halogens is 6. The molecule has 0 aromatic carbocycles. The van der Waals surface area contributed by atoms with Gasteiger partial charge >= 0.3 is 18.4 Å². The number of aromatic nitrogens is 1. The Bertz CT molecular complexity index is 881. The first kappa shape index (κ1) is 22.9. The Hall–Kier alpha value is -2.73. The van der Waals surface area contributed by atoms with Crippen LogP contribution in [0.5, 0.6) is 0 Å². The number of ether oxygens (including phenoxy) is 1. The molecule has 2 amide bonds. The molecule has 31 heavy (non-hydrogen) atoms. The lowest BCUT2D eigenvalue weighted by Gasteiger charge is -2.47. The molecule has 1 aromatic heterocycles. The van der Waals surface area contributed by atoms with Crippen molar-refractivity contribution in [2.75, 3.05) is 36.0 Å². The number of nitrogens with zero attached hydrogens (tertiary/aromatic N) is 4. The summed E-state index contributed by atoms with van der Waals surface area (Å²) in [5.41, 5.74) is -2.66. The van der Waals surface area contributed by atoms with Crippen LogP contribution in [-0.2, 0) is 15.7 Å². The number of carbonyl (C=O) groups is 2. The van der Waals surface area contributed by atoms with Crippen molar-refractivity contribution in [3.05, 3.63) is 17.8 Å². The van der Waals surface area contributed by atoms with Crippen molar-refractivity contribution in [3.63, 3.8) is 0 Å². The van der Waals surface area contributed by atoms with Crippen LogP contribution < -0.4 is 9.80 Å². The number of hydrogen-bond donors (Lipinski definition) is 0. The normalized spacial score (nSPS) is 19.8. The first-order valence-electron chi connectivity index (χ1n) is 9.27. The maximum atomic E-state index is 13.1. The van der Waals surface area contributed by atoms with Crippen LogP contribution in [0.4, 0.5) is 42.6 Å². The molecule has 0 aliphatic carbocycles. The lowest BCUT2D eigenvalue weighted by Crippen LogP contribution is -2.64. The third kappa shape index (κ3) is 4.96. The Morgan fingerprint density at radius 2 is 1.81 bits per heavy atom. The molecule has 1 unspecified atom stereocenters. The fraction of sp³-hybridized carbons (Fsp3) is 0.611. The lowest BCUT2D eigenvalue weighted by molar-refractivity contribution is -0.138. The summed E-state index contributed by atoms with van der Waals surface area (Å²) in [5, 5.41) is 0. The van der Waals surface area contributed by atoms with E-state index >= 15 is 0 Å². The molecule has 2 aliphatic rings. The standard InChI is InChI=1S/C18H20F6N4O3/c1-16(2,3)31-15(30)26-4-5-27-12(8-26)14(29)28(9-17(19,20)21)11-6-10(18(22,23)24)7-25-13(11)27/h6-7,12H,4-5,8-9H2,1-3H3. The van der Waals surface area contributed by atoms with Gasteiger partial charge in [-0.3, -0.25) is 9.69 Å². The second kappa shape index (κ2) is 7.45. The Morgan fingerprint density at radius 3 is 2.35 bits per heavy atom. The molecule has 2 aliphatic heterocycles. The van der Waals surface area contributed by atoms with Crippen molar-refractivity contribution < 1.29 is 40.7 Å². The fourth-order valence-corrected chi connectivity index (χ4v) is 3.40. The molecule has 1 saturated heterocycles. The van der Waals surface area contributed by atoms with Gasteiger partial charge in [0.15, 0.2) is 5.82 Å². The van der Waals surface area contributed by atoms with Crippen LogP contribution in [0, 0.1) is 0 Å². The molecule has 1 aromatic rings. The van der Waals surface area contributed by atoms with Gasteiger partial charge in [-0.25, -0.2) is 9.78 Å². The highest BCUT2D eigenvalue weighted by molar-refractivity contribution is 6.05. The maximum Gasteiger partial charge on any atom is 0.417 e. The van der Waals surface area contributed by atoms with E-state index < -0.39 is 53.8 Å². The van der Waals surface area contributed by atoms with Crippen molar-refractivity contribution >= 4 is 23.5 Å². The number of rotatable bonds is 1. The summed E-state index contributed by atoms with van der Waals surface area (Å²) in [6, 6.07) is -0.747. The van der Waals surface area contributed by atoms with Crippen LogP contribution in [0.15, 0.2) is 12.3 Å². The second-order valence-corrected chi connectivity index (χ2v) is 8.24. The minimum Gasteiger partial charge on any atom is -0.444 e. The third-order valence-corrected chi connectivity index (χ3v) is 4.66. The van der Waals surface area contributed by atoms with E-state index in [0.717, 1.165) is 0 Å². The van der Waals surface area contributed by atoms with Crippen molar-refractivity contribution in [3.8, 4) is 0 Å². The first-order valence-corrected chi connectivity index (χ1v) is 9.27. The minimum absolute atomic E-state index is 0.0130. The van der Waals surface area contributed by atoms with Gasteiger partial charge in [-0.05, 0) is 26.8 Å². The zero-order chi connectivity index (χ0) is 23.4. The number of anilines is 2. The zero-order valence-electron chi connectivity index (χ0n) is 16.8. The maximum absolute atomic E-state index is 13.1. The lowest BCUT2D eigenvalue weighted by atomic mass is 10.0.